The van der Waals surface area contributed by atoms with Crippen LogP contribution in [0.1, 0.15) is 37.6 Å². The zero-order chi connectivity index (χ0) is 15.1. The molecule has 21 heavy (non-hydrogen) atoms. The van der Waals surface area contributed by atoms with Crippen molar-refractivity contribution in [2.45, 2.75) is 32.7 Å². The summed E-state index contributed by atoms with van der Waals surface area (Å²) in [6.45, 7) is 6.33. The van der Waals surface area contributed by atoms with Crippen molar-refractivity contribution in [2.24, 2.45) is 0 Å². The third-order valence-corrected chi connectivity index (χ3v) is 3.63. The quantitative estimate of drug-likeness (QED) is 0.697. The number of nitrogens with one attached hydrogen (secondary N) is 1. The van der Waals surface area contributed by atoms with Crippen LogP contribution in [0.25, 0.3) is 11.0 Å². The van der Waals surface area contributed by atoms with Crippen molar-refractivity contribution in [1.82, 2.24) is 5.32 Å². The summed E-state index contributed by atoms with van der Waals surface area (Å²) in [5.74, 6) is 1.04. The van der Waals surface area contributed by atoms with Gasteiger partial charge in [-0.25, -0.2) is 0 Å². The van der Waals surface area contributed by atoms with E-state index >= 15 is 0 Å². The standard InChI is InChI=1S/C17H25NO3/c1-3-14-15-7-4-5-8-16(15)21-17(14)13(2)18-9-6-11-20-12-10-19/h4-5,7-8,13,18-19H,3,6,9-12H2,1-2H3. The van der Waals surface area contributed by atoms with E-state index in [4.69, 9.17) is 14.3 Å². The second kappa shape index (κ2) is 8.17. The molecule has 1 aromatic heterocycles. The lowest BCUT2D eigenvalue weighted by molar-refractivity contribution is 0.0903. The Morgan fingerprint density at radius 3 is 2.86 bits per heavy atom. The first-order valence-electron chi connectivity index (χ1n) is 7.70. The fourth-order valence-electron chi connectivity index (χ4n) is 2.58. The van der Waals surface area contributed by atoms with Gasteiger partial charge in [-0.05, 0) is 32.4 Å². The van der Waals surface area contributed by atoms with Crippen molar-refractivity contribution in [2.75, 3.05) is 26.4 Å². The molecule has 0 fully saturated rings. The van der Waals surface area contributed by atoms with Crippen LogP contribution in [0.2, 0.25) is 0 Å². The highest BCUT2D eigenvalue weighted by Crippen LogP contribution is 2.30. The summed E-state index contributed by atoms with van der Waals surface area (Å²) >= 11 is 0. The van der Waals surface area contributed by atoms with E-state index < -0.39 is 0 Å². The maximum Gasteiger partial charge on any atom is 0.134 e. The second-order valence-corrected chi connectivity index (χ2v) is 5.16. The van der Waals surface area contributed by atoms with Gasteiger partial charge in [-0.3, -0.25) is 0 Å². The summed E-state index contributed by atoms with van der Waals surface area (Å²) in [5, 5.41) is 13.3. The van der Waals surface area contributed by atoms with Crippen LogP contribution in [0.4, 0.5) is 0 Å². The molecular weight excluding hydrogens is 266 g/mol. The fraction of sp³-hybridized carbons (Fsp3) is 0.529. The summed E-state index contributed by atoms with van der Waals surface area (Å²) in [4.78, 5) is 0. The van der Waals surface area contributed by atoms with Gasteiger partial charge < -0.3 is 19.6 Å². The van der Waals surface area contributed by atoms with Gasteiger partial charge in [-0.15, -0.1) is 0 Å². The van der Waals surface area contributed by atoms with Crippen molar-refractivity contribution >= 4 is 11.0 Å². The predicted octanol–water partition coefficient (Wildman–Crippen LogP) is 3.04. The first-order valence-corrected chi connectivity index (χ1v) is 7.70. The average Bonchev–Trinajstić information content (AvgIpc) is 2.89. The predicted molar refractivity (Wildman–Crippen MR) is 84.5 cm³/mol. The third kappa shape index (κ3) is 4.06. The van der Waals surface area contributed by atoms with Gasteiger partial charge in [-0.1, -0.05) is 25.1 Å². The number of benzene rings is 1. The van der Waals surface area contributed by atoms with Crippen LogP contribution >= 0.6 is 0 Å². The van der Waals surface area contributed by atoms with E-state index in [1.165, 1.54) is 10.9 Å². The summed E-state index contributed by atoms with van der Waals surface area (Å²) in [6.07, 6.45) is 1.89. The number of aryl methyl sites for hydroxylation is 1. The van der Waals surface area contributed by atoms with Gasteiger partial charge in [0.1, 0.15) is 11.3 Å². The molecule has 1 atom stereocenters. The van der Waals surface area contributed by atoms with E-state index in [0.717, 1.165) is 30.7 Å². The average molecular weight is 291 g/mol. The Morgan fingerprint density at radius 1 is 1.29 bits per heavy atom. The summed E-state index contributed by atoms with van der Waals surface area (Å²) in [5.41, 5.74) is 2.26. The Bertz CT molecular complexity index is 550. The molecule has 0 aliphatic carbocycles. The normalized spacial score (nSPS) is 12.9. The Labute approximate surface area is 126 Å². The molecule has 2 N–H and O–H groups in total. The molecule has 0 bridgehead atoms. The monoisotopic (exact) mass is 291 g/mol. The molecule has 0 aliphatic heterocycles. The van der Waals surface area contributed by atoms with E-state index in [1.807, 2.05) is 12.1 Å². The molecule has 4 nitrogen and oxygen atoms in total. The first-order chi connectivity index (χ1) is 10.3. The molecule has 0 aliphatic rings. The van der Waals surface area contributed by atoms with Gasteiger partial charge in [0.05, 0.1) is 19.3 Å². The van der Waals surface area contributed by atoms with Crippen molar-refractivity contribution in [3.63, 3.8) is 0 Å². The Morgan fingerprint density at radius 2 is 2.10 bits per heavy atom. The minimum atomic E-state index is 0.0860. The van der Waals surface area contributed by atoms with Gasteiger partial charge in [0.25, 0.3) is 0 Å². The van der Waals surface area contributed by atoms with E-state index in [-0.39, 0.29) is 12.6 Å². The molecule has 0 radical (unpaired) electrons. The van der Waals surface area contributed by atoms with Crippen molar-refractivity contribution in [3.8, 4) is 0 Å². The van der Waals surface area contributed by atoms with E-state index in [0.29, 0.717) is 13.2 Å². The van der Waals surface area contributed by atoms with Crippen LogP contribution in [0.15, 0.2) is 28.7 Å². The van der Waals surface area contributed by atoms with E-state index in [9.17, 15) is 0 Å². The number of rotatable bonds is 9. The molecule has 0 spiro atoms. The number of fused-ring (bicyclic) bond motifs is 1. The zero-order valence-corrected chi connectivity index (χ0v) is 12.9. The molecule has 1 unspecified atom stereocenters. The fourth-order valence-corrected chi connectivity index (χ4v) is 2.58. The van der Waals surface area contributed by atoms with Gasteiger partial charge >= 0.3 is 0 Å². The van der Waals surface area contributed by atoms with Crippen LogP contribution in [-0.2, 0) is 11.2 Å². The number of hydrogen-bond acceptors (Lipinski definition) is 4. The lowest BCUT2D eigenvalue weighted by atomic mass is 10.1. The van der Waals surface area contributed by atoms with E-state index in [1.54, 1.807) is 0 Å². The molecule has 116 valence electrons. The SMILES string of the molecule is CCc1c(C(C)NCCCOCCO)oc2ccccc12. The lowest BCUT2D eigenvalue weighted by Crippen LogP contribution is -2.21. The van der Waals surface area contributed by atoms with Crippen LogP contribution in [0, 0.1) is 0 Å². The minimum Gasteiger partial charge on any atom is -0.459 e. The lowest BCUT2D eigenvalue weighted by Gasteiger charge is -2.13. The second-order valence-electron chi connectivity index (χ2n) is 5.16. The van der Waals surface area contributed by atoms with E-state index in [2.05, 4.69) is 31.3 Å². The Kier molecular flexibility index (Phi) is 6.23. The molecule has 1 aromatic carbocycles. The van der Waals surface area contributed by atoms with Crippen LogP contribution in [0.3, 0.4) is 0 Å². The topological polar surface area (TPSA) is 54.6 Å². The van der Waals surface area contributed by atoms with Gasteiger partial charge in [0, 0.05) is 17.6 Å². The number of furan rings is 1. The van der Waals surface area contributed by atoms with Crippen molar-refractivity contribution in [1.29, 1.82) is 0 Å². The van der Waals surface area contributed by atoms with Crippen LogP contribution < -0.4 is 5.32 Å². The van der Waals surface area contributed by atoms with Gasteiger partial charge in [0.15, 0.2) is 0 Å². The molecule has 0 amide bonds. The highest BCUT2D eigenvalue weighted by atomic mass is 16.5. The highest BCUT2D eigenvalue weighted by molar-refractivity contribution is 5.82. The highest BCUT2D eigenvalue weighted by Gasteiger charge is 2.17. The van der Waals surface area contributed by atoms with Gasteiger partial charge in [0.2, 0.25) is 0 Å². The number of para-hydroxylation sites is 1. The molecule has 2 aromatic rings. The zero-order valence-electron chi connectivity index (χ0n) is 12.9. The van der Waals surface area contributed by atoms with Crippen molar-refractivity contribution < 1.29 is 14.3 Å². The third-order valence-electron chi connectivity index (χ3n) is 3.63. The molecular formula is C17H25NO3. The summed E-state index contributed by atoms with van der Waals surface area (Å²) < 4.78 is 11.3. The minimum absolute atomic E-state index is 0.0860. The molecule has 0 saturated heterocycles. The number of aliphatic hydroxyl groups is 1. The smallest absolute Gasteiger partial charge is 0.134 e. The first kappa shape index (κ1) is 16.0. The molecule has 4 heteroatoms. The summed E-state index contributed by atoms with van der Waals surface area (Å²) in [7, 11) is 0. The maximum atomic E-state index is 8.63. The number of ether oxygens (including phenoxy) is 1. The molecule has 1 heterocycles. The van der Waals surface area contributed by atoms with Crippen molar-refractivity contribution in [3.05, 3.63) is 35.6 Å². The largest absolute Gasteiger partial charge is 0.459 e. The van der Waals surface area contributed by atoms with Crippen LogP contribution in [0.5, 0.6) is 0 Å². The molecule has 2 rings (SSSR count). The Balaban J connectivity index is 1.94. The van der Waals surface area contributed by atoms with Gasteiger partial charge in [-0.2, -0.15) is 0 Å². The maximum absolute atomic E-state index is 8.63. The Hall–Kier alpha value is -1.36. The summed E-state index contributed by atoms with van der Waals surface area (Å²) in [6, 6.07) is 8.39. The number of aliphatic hydroxyl groups excluding tert-OH is 1. The van der Waals surface area contributed by atoms with Crippen LogP contribution in [-0.4, -0.2) is 31.5 Å². The molecule has 0 saturated carbocycles. The number of hydrogen-bond donors (Lipinski definition) is 2.